The molecule has 9 heteroatoms. The van der Waals surface area contributed by atoms with E-state index in [1.807, 2.05) is 11.5 Å². The van der Waals surface area contributed by atoms with E-state index < -0.39 is 10.0 Å². The van der Waals surface area contributed by atoms with Crippen LogP contribution in [0.15, 0.2) is 47.4 Å². The predicted molar refractivity (Wildman–Crippen MR) is 115 cm³/mol. The highest BCUT2D eigenvalue weighted by atomic mass is 35.5. The molecule has 30 heavy (non-hydrogen) atoms. The molecule has 0 aliphatic carbocycles. The van der Waals surface area contributed by atoms with Crippen molar-refractivity contribution < 1.29 is 17.5 Å². The maximum atomic E-state index is 14.0. The lowest BCUT2D eigenvalue weighted by Gasteiger charge is -2.26. The van der Waals surface area contributed by atoms with Crippen molar-refractivity contribution in [2.24, 2.45) is 0 Å². The summed E-state index contributed by atoms with van der Waals surface area (Å²) in [7, 11) is -3.63. The Hall–Kier alpha value is -2.26. The lowest BCUT2D eigenvalue weighted by Crippen LogP contribution is -2.40. The Kier molecular flexibility index (Phi) is 5.92. The van der Waals surface area contributed by atoms with Gasteiger partial charge in [0, 0.05) is 25.2 Å². The van der Waals surface area contributed by atoms with Gasteiger partial charge < -0.3 is 9.30 Å². The Morgan fingerprint density at radius 1 is 1.23 bits per heavy atom. The molecule has 1 saturated heterocycles. The molecule has 0 atom stereocenters. The maximum Gasteiger partial charge on any atom is 0.243 e. The van der Waals surface area contributed by atoms with Crippen LogP contribution in [-0.2, 0) is 21.3 Å². The lowest BCUT2D eigenvalue weighted by atomic mass is 10.2. The minimum absolute atomic E-state index is 0.179. The van der Waals surface area contributed by atoms with Crippen molar-refractivity contribution in [2.45, 2.75) is 18.4 Å². The molecular formula is C21H21ClFN3O3S. The third-order valence-corrected chi connectivity index (χ3v) is 7.22. The maximum absolute atomic E-state index is 14.0. The van der Waals surface area contributed by atoms with Gasteiger partial charge in [-0.2, -0.15) is 4.31 Å². The second kappa shape index (κ2) is 8.47. The summed E-state index contributed by atoms with van der Waals surface area (Å²) in [6.45, 7) is 3.93. The molecule has 1 fully saturated rings. The van der Waals surface area contributed by atoms with E-state index in [1.165, 1.54) is 16.4 Å². The normalized spacial score (nSPS) is 16.3. The summed E-state index contributed by atoms with van der Waals surface area (Å²) in [6, 6.07) is 11.2. The van der Waals surface area contributed by atoms with E-state index in [0.717, 1.165) is 5.52 Å². The first-order valence-electron chi connectivity index (χ1n) is 9.62. The van der Waals surface area contributed by atoms with E-state index in [9.17, 15) is 12.8 Å². The number of halogens is 2. The summed E-state index contributed by atoms with van der Waals surface area (Å²) in [6.07, 6.45) is 1.52. The third-order valence-electron chi connectivity index (χ3n) is 5.04. The van der Waals surface area contributed by atoms with Gasteiger partial charge in [-0.15, -0.1) is 0 Å². The van der Waals surface area contributed by atoms with Gasteiger partial charge in [0.2, 0.25) is 10.0 Å². The van der Waals surface area contributed by atoms with Gasteiger partial charge in [-0.3, -0.25) is 0 Å². The molecule has 0 saturated carbocycles. The first kappa shape index (κ1) is 21.0. The first-order valence-corrected chi connectivity index (χ1v) is 11.4. The number of rotatable bonds is 5. The van der Waals surface area contributed by atoms with Crippen molar-refractivity contribution in [2.75, 3.05) is 26.3 Å². The predicted octanol–water partition coefficient (Wildman–Crippen LogP) is 3.95. The van der Waals surface area contributed by atoms with Gasteiger partial charge in [0.25, 0.3) is 0 Å². The van der Waals surface area contributed by atoms with E-state index in [1.54, 1.807) is 36.4 Å². The summed E-state index contributed by atoms with van der Waals surface area (Å²) in [5.41, 5.74) is 1.63. The number of benzene rings is 2. The van der Waals surface area contributed by atoms with Gasteiger partial charge in [0.1, 0.15) is 5.82 Å². The molecule has 1 aliphatic heterocycles. The minimum atomic E-state index is -3.63. The van der Waals surface area contributed by atoms with Gasteiger partial charge in [-0.25, -0.2) is 17.8 Å². The van der Waals surface area contributed by atoms with Gasteiger partial charge in [0.15, 0.2) is 5.82 Å². The number of hydrogen-bond acceptors (Lipinski definition) is 4. The molecule has 0 radical (unpaired) electrons. The van der Waals surface area contributed by atoms with Crippen LogP contribution in [0, 0.1) is 5.82 Å². The van der Waals surface area contributed by atoms with Crippen LogP contribution in [0.25, 0.3) is 22.1 Å². The molecule has 0 amide bonds. The van der Waals surface area contributed by atoms with Gasteiger partial charge in [0.05, 0.1) is 34.2 Å². The molecular weight excluding hydrogens is 429 g/mol. The number of sulfonamides is 1. The highest BCUT2D eigenvalue weighted by molar-refractivity contribution is 7.89. The molecule has 2 heterocycles. The molecule has 4 rings (SSSR count). The highest BCUT2D eigenvalue weighted by Gasteiger charge is 2.27. The van der Waals surface area contributed by atoms with E-state index in [-0.39, 0.29) is 15.7 Å². The number of hydrogen-bond donors (Lipinski definition) is 0. The fraction of sp³-hybridized carbons (Fsp3) is 0.286. The Balaban J connectivity index is 1.77. The van der Waals surface area contributed by atoms with Crippen LogP contribution in [-0.4, -0.2) is 48.6 Å². The van der Waals surface area contributed by atoms with Crippen LogP contribution >= 0.6 is 11.6 Å². The molecule has 0 N–H and O–H groups in total. The fourth-order valence-electron chi connectivity index (χ4n) is 3.50. The number of aryl methyl sites for hydroxylation is 1. The number of nitrogens with zero attached hydrogens (tertiary/aromatic N) is 3. The van der Waals surface area contributed by atoms with E-state index >= 15 is 0 Å². The van der Waals surface area contributed by atoms with Gasteiger partial charge in [-0.05, 0) is 37.3 Å². The number of aromatic nitrogens is 2. The zero-order valence-electron chi connectivity index (χ0n) is 16.4. The van der Waals surface area contributed by atoms with Crippen molar-refractivity contribution in [3.05, 3.63) is 59.7 Å². The van der Waals surface area contributed by atoms with E-state index in [2.05, 4.69) is 4.98 Å². The number of morpholine rings is 1. The topological polar surface area (TPSA) is 64.4 Å². The molecule has 3 aromatic rings. The molecule has 2 aromatic carbocycles. The second-order valence-electron chi connectivity index (χ2n) is 6.86. The summed E-state index contributed by atoms with van der Waals surface area (Å²) in [5.74, 6) is 0.0760. The lowest BCUT2D eigenvalue weighted by molar-refractivity contribution is 0.0730. The van der Waals surface area contributed by atoms with Crippen molar-refractivity contribution >= 4 is 43.8 Å². The second-order valence-corrected chi connectivity index (χ2v) is 9.21. The van der Waals surface area contributed by atoms with Gasteiger partial charge >= 0.3 is 0 Å². The Bertz CT molecular complexity index is 1220. The van der Waals surface area contributed by atoms with Crippen molar-refractivity contribution in [1.82, 2.24) is 13.9 Å². The van der Waals surface area contributed by atoms with Crippen LogP contribution in [0.4, 0.5) is 4.39 Å². The smallest absolute Gasteiger partial charge is 0.243 e. The quantitative estimate of drug-likeness (QED) is 0.591. The number of ether oxygens (including phenoxy) is 1. The molecule has 6 nitrogen and oxygen atoms in total. The molecule has 1 aliphatic rings. The number of imidazole rings is 1. The molecule has 1 aromatic heterocycles. The molecule has 158 valence electrons. The third kappa shape index (κ3) is 3.88. The largest absolute Gasteiger partial charge is 0.379 e. The Morgan fingerprint density at radius 3 is 2.67 bits per heavy atom. The van der Waals surface area contributed by atoms with Crippen molar-refractivity contribution in [3.63, 3.8) is 0 Å². The van der Waals surface area contributed by atoms with E-state index in [4.69, 9.17) is 16.3 Å². The summed E-state index contributed by atoms with van der Waals surface area (Å²) >= 11 is 6.49. The first-order chi connectivity index (χ1) is 14.4. The van der Waals surface area contributed by atoms with Crippen molar-refractivity contribution in [3.8, 4) is 0 Å². The highest BCUT2D eigenvalue weighted by Crippen LogP contribution is 2.29. The van der Waals surface area contributed by atoms with Crippen LogP contribution < -0.4 is 0 Å². The monoisotopic (exact) mass is 449 g/mol. The van der Waals surface area contributed by atoms with Crippen LogP contribution in [0.5, 0.6) is 0 Å². The summed E-state index contributed by atoms with van der Waals surface area (Å²) < 4.78 is 48.5. The molecule has 0 spiro atoms. The Labute approximate surface area is 179 Å². The SMILES string of the molecule is CCn1c(/C(Cl)=C/c2ccccc2F)nc2cc(S(=O)(=O)N3CCOCC3)ccc21. The molecule has 0 bridgehead atoms. The average Bonchev–Trinajstić information content (AvgIpc) is 3.14. The zero-order valence-corrected chi connectivity index (χ0v) is 18.0. The average molecular weight is 450 g/mol. The number of fused-ring (bicyclic) bond motifs is 1. The summed E-state index contributed by atoms with van der Waals surface area (Å²) in [4.78, 5) is 4.74. The Morgan fingerprint density at radius 2 is 1.97 bits per heavy atom. The zero-order chi connectivity index (χ0) is 21.3. The summed E-state index contributed by atoms with van der Waals surface area (Å²) in [5, 5.41) is 0.274. The van der Waals surface area contributed by atoms with Gasteiger partial charge in [-0.1, -0.05) is 29.8 Å². The minimum Gasteiger partial charge on any atom is -0.379 e. The van der Waals surface area contributed by atoms with Crippen molar-refractivity contribution in [1.29, 1.82) is 0 Å². The van der Waals surface area contributed by atoms with Crippen LogP contribution in [0.3, 0.4) is 0 Å². The standard InChI is InChI=1S/C21H21ClFN3O3S/c1-2-26-20-8-7-16(30(27,28)25-9-11-29-12-10-25)14-19(20)24-21(26)17(22)13-15-5-3-4-6-18(15)23/h3-8,13-14H,2,9-12H2,1H3/b17-13-. The van der Waals surface area contributed by atoms with E-state index in [0.29, 0.717) is 49.8 Å². The van der Waals surface area contributed by atoms with Crippen LogP contribution in [0.2, 0.25) is 0 Å². The fourth-order valence-corrected chi connectivity index (χ4v) is 5.19. The molecule has 0 unspecified atom stereocenters. The van der Waals surface area contributed by atoms with Crippen LogP contribution in [0.1, 0.15) is 18.3 Å².